The number of carbonyl (C=O) groups is 2. The van der Waals surface area contributed by atoms with Crippen LogP contribution in [0.1, 0.15) is 44.2 Å². The summed E-state index contributed by atoms with van der Waals surface area (Å²) in [5, 5.41) is 20.5. The third-order valence-electron chi connectivity index (χ3n) is 5.86. The number of ether oxygens (including phenoxy) is 3. The van der Waals surface area contributed by atoms with Crippen molar-refractivity contribution >= 4 is 29.5 Å². The fraction of sp³-hybridized carbons (Fsp3) is 0.500. The van der Waals surface area contributed by atoms with Crippen LogP contribution in [0.4, 0.5) is 10.5 Å². The highest BCUT2D eigenvalue weighted by atomic mass is 32.2. The van der Waals surface area contributed by atoms with E-state index in [4.69, 9.17) is 14.2 Å². The third-order valence-corrected chi connectivity index (χ3v) is 6.90. The first-order valence-corrected chi connectivity index (χ1v) is 14.3. The van der Waals surface area contributed by atoms with Crippen LogP contribution in [0.3, 0.4) is 0 Å². The van der Waals surface area contributed by atoms with Gasteiger partial charge >= 0.3 is 12.1 Å². The zero-order valence-corrected chi connectivity index (χ0v) is 23.6. The van der Waals surface area contributed by atoms with Crippen LogP contribution in [0.2, 0.25) is 0 Å². The predicted octanol–water partition coefficient (Wildman–Crippen LogP) is 5.74. The van der Waals surface area contributed by atoms with Crippen molar-refractivity contribution in [1.82, 2.24) is 4.90 Å². The first-order chi connectivity index (χ1) is 18.7. The van der Waals surface area contributed by atoms with E-state index in [0.29, 0.717) is 24.5 Å². The summed E-state index contributed by atoms with van der Waals surface area (Å²) in [6, 6.07) is 11.4. The van der Waals surface area contributed by atoms with Crippen molar-refractivity contribution in [3.05, 3.63) is 63.7 Å². The normalized spacial score (nSPS) is 11.6. The molecule has 1 atom stereocenters. The predicted molar refractivity (Wildman–Crippen MR) is 151 cm³/mol. The van der Waals surface area contributed by atoms with Gasteiger partial charge in [-0.2, -0.15) is 11.8 Å². The van der Waals surface area contributed by atoms with Crippen LogP contribution in [0.25, 0.3) is 0 Å². The molecule has 39 heavy (non-hydrogen) atoms. The number of carboxylic acid groups (broad SMARTS) is 1. The van der Waals surface area contributed by atoms with E-state index in [1.807, 2.05) is 0 Å². The highest BCUT2D eigenvalue weighted by Gasteiger charge is 2.20. The standard InChI is InChI=1S/C28H38N2O8S/c1-4-6-7-17-39-18-15-29(28(33)38-24-11-8-21(3)25(20-24)30(34)35)14-16-37-23-12-9-22(10-13-23)19-26(27(31)32)36-5-2/h8-13,20,26H,4-7,14-19H2,1-3H3,(H,31,32). The number of aliphatic carboxylic acids is 1. The van der Waals surface area contributed by atoms with Crippen LogP contribution >= 0.6 is 11.8 Å². The Hall–Kier alpha value is -3.31. The minimum Gasteiger partial charge on any atom is -0.492 e. The smallest absolute Gasteiger partial charge is 0.415 e. The lowest BCUT2D eigenvalue weighted by molar-refractivity contribution is -0.385. The van der Waals surface area contributed by atoms with Gasteiger partial charge in [-0.1, -0.05) is 31.9 Å². The van der Waals surface area contributed by atoms with Crippen LogP contribution in [0.5, 0.6) is 11.5 Å². The van der Waals surface area contributed by atoms with Gasteiger partial charge in [-0.25, -0.2) is 9.59 Å². The number of benzene rings is 2. The van der Waals surface area contributed by atoms with E-state index in [1.165, 1.54) is 23.5 Å². The number of nitro benzene ring substituents is 1. The molecule has 2 rings (SSSR count). The summed E-state index contributed by atoms with van der Waals surface area (Å²) in [6.07, 6.45) is 2.17. The molecule has 0 saturated carbocycles. The Morgan fingerprint density at radius 3 is 2.41 bits per heavy atom. The Morgan fingerprint density at radius 1 is 1.05 bits per heavy atom. The maximum atomic E-state index is 13.0. The lowest BCUT2D eigenvalue weighted by Crippen LogP contribution is -2.38. The number of aryl methyl sites for hydroxylation is 1. The van der Waals surface area contributed by atoms with Crippen molar-refractivity contribution < 1.29 is 33.8 Å². The Balaban J connectivity index is 1.97. The monoisotopic (exact) mass is 562 g/mol. The van der Waals surface area contributed by atoms with E-state index in [0.717, 1.165) is 29.9 Å². The van der Waals surface area contributed by atoms with E-state index in [1.54, 1.807) is 55.9 Å². The molecule has 0 fully saturated rings. The number of hydrogen-bond acceptors (Lipinski definition) is 8. The molecule has 0 radical (unpaired) electrons. The molecule has 10 nitrogen and oxygen atoms in total. The molecule has 1 N–H and O–H groups in total. The molecule has 0 aliphatic carbocycles. The van der Waals surface area contributed by atoms with E-state index in [-0.39, 0.29) is 31.0 Å². The minimum atomic E-state index is -1.01. The van der Waals surface area contributed by atoms with Gasteiger partial charge in [-0.15, -0.1) is 0 Å². The lowest BCUT2D eigenvalue weighted by Gasteiger charge is -2.22. The number of carboxylic acids is 1. The van der Waals surface area contributed by atoms with Gasteiger partial charge in [0.25, 0.3) is 5.69 Å². The molecular weight excluding hydrogens is 524 g/mol. The van der Waals surface area contributed by atoms with Crippen molar-refractivity contribution in [2.24, 2.45) is 0 Å². The summed E-state index contributed by atoms with van der Waals surface area (Å²) < 4.78 is 16.6. The molecule has 0 heterocycles. The molecule has 0 aliphatic heterocycles. The lowest BCUT2D eigenvalue weighted by atomic mass is 10.1. The summed E-state index contributed by atoms with van der Waals surface area (Å²) in [6.45, 7) is 6.75. The largest absolute Gasteiger partial charge is 0.492 e. The number of amides is 1. The molecule has 214 valence electrons. The van der Waals surface area contributed by atoms with Gasteiger partial charge < -0.3 is 24.2 Å². The number of hydrogen-bond donors (Lipinski definition) is 1. The van der Waals surface area contributed by atoms with Crippen LogP contribution in [-0.4, -0.2) is 70.9 Å². The molecule has 0 aromatic heterocycles. The number of carbonyl (C=O) groups excluding carboxylic acids is 1. The van der Waals surface area contributed by atoms with Crippen molar-refractivity contribution in [1.29, 1.82) is 0 Å². The van der Waals surface area contributed by atoms with Gasteiger partial charge in [0, 0.05) is 30.9 Å². The Labute approximate surface area is 233 Å². The zero-order chi connectivity index (χ0) is 28.6. The Morgan fingerprint density at radius 2 is 1.77 bits per heavy atom. The average molecular weight is 563 g/mol. The summed E-state index contributed by atoms with van der Waals surface area (Å²) in [7, 11) is 0. The van der Waals surface area contributed by atoms with Gasteiger partial charge in [-0.3, -0.25) is 10.1 Å². The Bertz CT molecular complexity index is 1060. The molecule has 1 unspecified atom stereocenters. The number of nitro groups is 1. The van der Waals surface area contributed by atoms with E-state index in [2.05, 4.69) is 6.92 Å². The molecule has 0 aliphatic rings. The van der Waals surface area contributed by atoms with E-state index < -0.39 is 23.1 Å². The topological polar surface area (TPSA) is 128 Å². The van der Waals surface area contributed by atoms with Gasteiger partial charge in [0.1, 0.15) is 18.1 Å². The minimum absolute atomic E-state index is 0.110. The van der Waals surface area contributed by atoms with E-state index in [9.17, 15) is 24.8 Å². The molecular formula is C28H38N2O8S. The van der Waals surface area contributed by atoms with Crippen molar-refractivity contribution in [3.63, 3.8) is 0 Å². The quantitative estimate of drug-likeness (QED) is 0.137. The third kappa shape index (κ3) is 11.5. The van der Waals surface area contributed by atoms with Crippen molar-refractivity contribution in [3.8, 4) is 11.5 Å². The van der Waals surface area contributed by atoms with Gasteiger partial charge in [-0.05, 0) is 55.9 Å². The van der Waals surface area contributed by atoms with Crippen LogP contribution in [-0.2, 0) is 16.0 Å². The van der Waals surface area contributed by atoms with Crippen LogP contribution in [0.15, 0.2) is 42.5 Å². The van der Waals surface area contributed by atoms with Crippen LogP contribution in [0, 0.1) is 17.0 Å². The van der Waals surface area contributed by atoms with Crippen molar-refractivity contribution in [2.45, 2.75) is 52.6 Å². The number of rotatable bonds is 18. The highest BCUT2D eigenvalue weighted by Crippen LogP contribution is 2.24. The number of unbranched alkanes of at least 4 members (excludes halogenated alkanes) is 2. The molecule has 11 heteroatoms. The average Bonchev–Trinajstić information content (AvgIpc) is 2.91. The van der Waals surface area contributed by atoms with Crippen molar-refractivity contribution in [2.75, 3.05) is 37.8 Å². The fourth-order valence-corrected chi connectivity index (χ4v) is 4.63. The molecule has 2 aromatic carbocycles. The second kappa shape index (κ2) is 17.3. The summed E-state index contributed by atoms with van der Waals surface area (Å²) in [4.78, 5) is 36.6. The summed E-state index contributed by atoms with van der Waals surface area (Å²) in [5.74, 6) is 1.43. The molecule has 0 bridgehead atoms. The molecule has 0 saturated heterocycles. The zero-order valence-electron chi connectivity index (χ0n) is 22.8. The molecule has 1 amide bonds. The number of nitrogens with zero attached hydrogens (tertiary/aromatic N) is 2. The summed E-state index contributed by atoms with van der Waals surface area (Å²) >= 11 is 1.76. The SMILES string of the molecule is CCCCCSCCN(CCOc1ccc(CC(OCC)C(=O)O)cc1)C(=O)Oc1ccc(C)c([N+](=O)[O-])c1. The van der Waals surface area contributed by atoms with Gasteiger partial charge in [0.05, 0.1) is 17.5 Å². The number of thioether (sulfide) groups is 1. The highest BCUT2D eigenvalue weighted by molar-refractivity contribution is 7.99. The van der Waals surface area contributed by atoms with Gasteiger partial charge in [0.15, 0.2) is 6.10 Å². The van der Waals surface area contributed by atoms with Crippen LogP contribution < -0.4 is 9.47 Å². The maximum absolute atomic E-state index is 13.0. The van der Waals surface area contributed by atoms with E-state index >= 15 is 0 Å². The molecule has 2 aromatic rings. The maximum Gasteiger partial charge on any atom is 0.415 e. The summed E-state index contributed by atoms with van der Waals surface area (Å²) in [5.41, 5.74) is 1.18. The fourth-order valence-electron chi connectivity index (χ4n) is 3.67. The second-order valence-corrected chi connectivity index (χ2v) is 10.1. The Kier molecular flexibility index (Phi) is 14.2. The second-order valence-electron chi connectivity index (χ2n) is 8.86. The van der Waals surface area contributed by atoms with Gasteiger partial charge in [0.2, 0.25) is 0 Å². The molecule has 0 spiro atoms. The first-order valence-electron chi connectivity index (χ1n) is 13.1. The first kappa shape index (κ1) is 31.9.